The van der Waals surface area contributed by atoms with Crippen molar-refractivity contribution in [2.24, 2.45) is 23.2 Å². The minimum Gasteiger partial charge on any atom is -0.497 e. The Labute approximate surface area is 167 Å². The van der Waals surface area contributed by atoms with Gasteiger partial charge >= 0.3 is 5.97 Å². The molecule has 1 atom stereocenters. The molecule has 5 heteroatoms. The average molecular weight is 386 g/mol. The number of nitrogens with one attached hydrogen (secondary N) is 1. The van der Waals surface area contributed by atoms with Gasteiger partial charge in [0, 0.05) is 6.04 Å². The van der Waals surface area contributed by atoms with Gasteiger partial charge in [-0.25, -0.2) is 0 Å². The maximum Gasteiger partial charge on any atom is 0.310 e. The van der Waals surface area contributed by atoms with Crippen LogP contribution < -0.4 is 10.1 Å². The summed E-state index contributed by atoms with van der Waals surface area (Å²) in [5.74, 6) is 2.67. The van der Waals surface area contributed by atoms with E-state index in [1.54, 1.807) is 13.2 Å². The molecule has 4 aliphatic carbocycles. The zero-order valence-electron chi connectivity index (χ0n) is 16.9. The van der Waals surface area contributed by atoms with E-state index >= 15 is 0 Å². The summed E-state index contributed by atoms with van der Waals surface area (Å²) in [5.41, 5.74) is 1.07. The topological polar surface area (TPSA) is 64.6 Å². The van der Waals surface area contributed by atoms with Crippen LogP contribution in [0, 0.1) is 23.2 Å². The van der Waals surface area contributed by atoms with Crippen LogP contribution in [0.1, 0.15) is 51.0 Å². The lowest BCUT2D eigenvalue weighted by Gasteiger charge is -2.59. The van der Waals surface area contributed by atoms with Gasteiger partial charge in [0.2, 0.25) is 0 Å². The number of amides is 1. The highest BCUT2D eigenvalue weighted by molar-refractivity contribution is 5.81. The SMILES string of the molecule is COc1cccc(CC(=O)OCC(=O)N[C@H](C)C23CC4CC(CC(C4)C2)C3)c1. The van der Waals surface area contributed by atoms with Crippen molar-refractivity contribution in [3.63, 3.8) is 0 Å². The van der Waals surface area contributed by atoms with Crippen LogP contribution in [-0.2, 0) is 20.7 Å². The molecule has 1 aromatic rings. The smallest absolute Gasteiger partial charge is 0.310 e. The summed E-state index contributed by atoms with van der Waals surface area (Å²) < 4.78 is 10.4. The molecule has 0 aliphatic heterocycles. The number of rotatable bonds is 7. The van der Waals surface area contributed by atoms with Gasteiger partial charge in [0.1, 0.15) is 5.75 Å². The van der Waals surface area contributed by atoms with E-state index in [2.05, 4.69) is 12.2 Å². The molecule has 1 N–H and O–H groups in total. The van der Waals surface area contributed by atoms with Gasteiger partial charge in [0.15, 0.2) is 6.61 Å². The lowest BCUT2D eigenvalue weighted by atomic mass is 9.48. The van der Waals surface area contributed by atoms with Gasteiger partial charge in [0.05, 0.1) is 13.5 Å². The molecule has 0 heterocycles. The van der Waals surface area contributed by atoms with Crippen molar-refractivity contribution in [2.45, 2.75) is 57.9 Å². The largest absolute Gasteiger partial charge is 0.497 e. The van der Waals surface area contributed by atoms with E-state index < -0.39 is 5.97 Å². The molecule has 4 saturated carbocycles. The van der Waals surface area contributed by atoms with E-state index in [1.807, 2.05) is 18.2 Å². The number of benzene rings is 1. The lowest BCUT2D eigenvalue weighted by molar-refractivity contribution is -0.148. The molecular formula is C23H31NO4. The second kappa shape index (κ2) is 7.76. The summed E-state index contributed by atoms with van der Waals surface area (Å²) in [4.78, 5) is 24.5. The minimum absolute atomic E-state index is 0.134. The Kier molecular flexibility index (Phi) is 5.35. The highest BCUT2D eigenvalue weighted by atomic mass is 16.5. The van der Waals surface area contributed by atoms with Gasteiger partial charge in [-0.1, -0.05) is 12.1 Å². The fraction of sp³-hybridized carbons (Fsp3) is 0.652. The predicted octanol–water partition coefficient (Wildman–Crippen LogP) is 3.50. The first-order chi connectivity index (χ1) is 13.5. The van der Waals surface area contributed by atoms with E-state index in [9.17, 15) is 9.59 Å². The summed E-state index contributed by atoms with van der Waals surface area (Å²) in [7, 11) is 1.59. The van der Waals surface area contributed by atoms with Gasteiger partial charge in [-0.05, 0) is 86.3 Å². The third kappa shape index (κ3) is 4.03. The summed E-state index contributed by atoms with van der Waals surface area (Å²) in [6, 6.07) is 7.45. The fourth-order valence-corrected chi connectivity index (χ4v) is 6.29. The molecule has 0 unspecified atom stereocenters. The van der Waals surface area contributed by atoms with Gasteiger partial charge in [-0.2, -0.15) is 0 Å². The number of carbonyl (C=O) groups excluding carboxylic acids is 2. The van der Waals surface area contributed by atoms with Crippen LogP contribution in [0.5, 0.6) is 5.75 Å². The van der Waals surface area contributed by atoms with Gasteiger partial charge in [-0.15, -0.1) is 0 Å². The van der Waals surface area contributed by atoms with Crippen molar-refractivity contribution in [3.05, 3.63) is 29.8 Å². The van der Waals surface area contributed by atoms with E-state index in [4.69, 9.17) is 9.47 Å². The highest BCUT2D eigenvalue weighted by Crippen LogP contribution is 2.61. The molecule has 5 nitrogen and oxygen atoms in total. The van der Waals surface area contributed by atoms with Crippen molar-refractivity contribution in [1.82, 2.24) is 5.32 Å². The molecule has 152 valence electrons. The zero-order valence-corrected chi connectivity index (χ0v) is 16.9. The van der Waals surface area contributed by atoms with Crippen molar-refractivity contribution in [3.8, 4) is 5.75 Å². The number of hydrogen-bond acceptors (Lipinski definition) is 4. The Bertz CT molecular complexity index is 709. The quantitative estimate of drug-likeness (QED) is 0.730. The third-order valence-corrected chi connectivity index (χ3v) is 7.23. The normalized spacial score (nSPS) is 31.3. The summed E-state index contributed by atoms with van der Waals surface area (Å²) in [6.07, 6.45) is 8.04. The van der Waals surface area contributed by atoms with Crippen molar-refractivity contribution in [1.29, 1.82) is 0 Å². The second-order valence-corrected chi connectivity index (χ2v) is 9.26. The Morgan fingerprint density at radius 3 is 2.39 bits per heavy atom. The first-order valence-corrected chi connectivity index (χ1v) is 10.5. The summed E-state index contributed by atoms with van der Waals surface area (Å²) in [6.45, 7) is 1.93. The first-order valence-electron chi connectivity index (χ1n) is 10.5. The van der Waals surface area contributed by atoms with Crippen LogP contribution >= 0.6 is 0 Å². The van der Waals surface area contributed by atoms with Crippen molar-refractivity contribution < 1.29 is 19.1 Å². The second-order valence-electron chi connectivity index (χ2n) is 9.26. The Hall–Kier alpha value is -2.04. The summed E-state index contributed by atoms with van der Waals surface area (Å²) >= 11 is 0. The van der Waals surface area contributed by atoms with Gasteiger partial charge in [0.25, 0.3) is 5.91 Å². The van der Waals surface area contributed by atoms with E-state index in [-0.39, 0.29) is 30.4 Å². The van der Waals surface area contributed by atoms with Crippen LogP contribution in [0.3, 0.4) is 0 Å². The van der Waals surface area contributed by atoms with Crippen LogP contribution in [0.15, 0.2) is 24.3 Å². The van der Waals surface area contributed by atoms with Crippen LogP contribution in [0.4, 0.5) is 0 Å². The molecule has 1 aromatic carbocycles. The number of hydrogen-bond donors (Lipinski definition) is 1. The maximum atomic E-state index is 12.4. The molecule has 0 radical (unpaired) electrons. The first kappa shape index (κ1) is 19.3. The van der Waals surface area contributed by atoms with E-state index in [1.165, 1.54) is 38.5 Å². The number of methoxy groups -OCH3 is 1. The fourth-order valence-electron chi connectivity index (χ4n) is 6.29. The monoisotopic (exact) mass is 385 g/mol. The van der Waals surface area contributed by atoms with Crippen LogP contribution in [0.2, 0.25) is 0 Å². The predicted molar refractivity (Wildman–Crippen MR) is 106 cm³/mol. The Morgan fingerprint density at radius 2 is 1.79 bits per heavy atom. The van der Waals surface area contributed by atoms with Crippen LogP contribution in [0.25, 0.3) is 0 Å². The van der Waals surface area contributed by atoms with Crippen molar-refractivity contribution >= 4 is 11.9 Å². The Morgan fingerprint density at radius 1 is 1.14 bits per heavy atom. The lowest BCUT2D eigenvalue weighted by Crippen LogP contribution is -2.56. The van der Waals surface area contributed by atoms with Crippen LogP contribution in [-0.4, -0.2) is 31.6 Å². The minimum atomic E-state index is -0.397. The molecule has 28 heavy (non-hydrogen) atoms. The third-order valence-electron chi connectivity index (χ3n) is 7.23. The zero-order chi connectivity index (χ0) is 19.7. The average Bonchev–Trinajstić information content (AvgIpc) is 2.65. The van der Waals surface area contributed by atoms with Gasteiger partial charge < -0.3 is 14.8 Å². The summed E-state index contributed by atoms with van der Waals surface area (Å²) in [5, 5.41) is 3.14. The van der Waals surface area contributed by atoms with E-state index in [0.29, 0.717) is 5.75 Å². The highest BCUT2D eigenvalue weighted by Gasteiger charge is 2.53. The van der Waals surface area contributed by atoms with Crippen molar-refractivity contribution in [2.75, 3.05) is 13.7 Å². The number of esters is 1. The molecule has 4 aliphatic rings. The molecule has 0 saturated heterocycles. The number of carbonyl (C=O) groups is 2. The maximum absolute atomic E-state index is 12.4. The van der Waals surface area contributed by atoms with Gasteiger partial charge in [-0.3, -0.25) is 9.59 Å². The number of ether oxygens (including phenoxy) is 2. The molecule has 1 amide bonds. The standard InChI is InChI=1S/C23H31NO4/c1-15(23-11-17-6-18(12-23)8-19(7-17)13-23)24-21(25)14-28-22(26)10-16-4-3-5-20(9-16)27-2/h3-5,9,15,17-19H,6-8,10-14H2,1-2H3,(H,24,25)/t15-,17?,18?,19?,23?/m1/s1. The van der Waals surface area contributed by atoms with E-state index in [0.717, 1.165) is 23.3 Å². The molecule has 5 rings (SSSR count). The molecular weight excluding hydrogens is 354 g/mol. The molecule has 4 fully saturated rings. The molecule has 0 aromatic heterocycles. The molecule has 0 spiro atoms. The Balaban J connectivity index is 1.26. The molecule has 4 bridgehead atoms.